The van der Waals surface area contributed by atoms with Crippen LogP contribution < -0.4 is 5.32 Å². The third-order valence-corrected chi connectivity index (χ3v) is 1.68. The normalized spacial score (nSPS) is 11.9. The van der Waals surface area contributed by atoms with E-state index in [4.69, 9.17) is 4.74 Å². The molecule has 0 aromatic carbocycles. The number of hydrogen-bond acceptors (Lipinski definition) is 4. The molecule has 6 nitrogen and oxygen atoms in total. The van der Waals surface area contributed by atoms with Crippen molar-refractivity contribution in [3.63, 3.8) is 0 Å². The maximum Gasteiger partial charge on any atom is 0.303 e. The Labute approximate surface area is 87.2 Å². The number of ether oxygens (including phenoxy) is 1. The van der Waals surface area contributed by atoms with Gasteiger partial charge in [-0.1, -0.05) is 0 Å². The highest BCUT2D eigenvalue weighted by Gasteiger charge is 2.16. The van der Waals surface area contributed by atoms with E-state index in [1.165, 1.54) is 13.8 Å². The van der Waals surface area contributed by atoms with Crippen LogP contribution in [0.25, 0.3) is 0 Å². The summed E-state index contributed by atoms with van der Waals surface area (Å²) in [7, 11) is 1.74. The fourth-order valence-corrected chi connectivity index (χ4v) is 1.01. The molecule has 0 saturated heterocycles. The van der Waals surface area contributed by atoms with Crippen LogP contribution in [-0.2, 0) is 21.4 Å². The molecule has 82 valence electrons. The van der Waals surface area contributed by atoms with Gasteiger partial charge in [0.1, 0.15) is 0 Å². The second-order valence-corrected chi connectivity index (χ2v) is 3.12. The van der Waals surface area contributed by atoms with Crippen molar-refractivity contribution in [2.75, 3.05) is 5.32 Å². The lowest BCUT2D eigenvalue weighted by molar-refractivity contribution is -0.150. The quantitative estimate of drug-likeness (QED) is 0.730. The first-order valence-corrected chi connectivity index (χ1v) is 4.47. The van der Waals surface area contributed by atoms with Crippen molar-refractivity contribution in [2.24, 2.45) is 7.05 Å². The zero-order valence-electron chi connectivity index (χ0n) is 8.85. The molecule has 1 N–H and O–H groups in total. The average molecular weight is 211 g/mol. The Bertz CT molecular complexity index is 372. The first-order chi connectivity index (χ1) is 6.99. The molecule has 0 aliphatic carbocycles. The molecule has 0 spiro atoms. The van der Waals surface area contributed by atoms with Gasteiger partial charge in [-0.15, -0.1) is 0 Å². The molecule has 1 aromatic heterocycles. The van der Waals surface area contributed by atoms with E-state index in [2.05, 4.69) is 10.4 Å². The van der Waals surface area contributed by atoms with E-state index in [9.17, 15) is 9.59 Å². The van der Waals surface area contributed by atoms with Gasteiger partial charge in [0.2, 0.25) is 0 Å². The highest BCUT2D eigenvalue weighted by Crippen LogP contribution is 2.03. The predicted octanol–water partition coefficient (Wildman–Crippen LogP) is 0.310. The summed E-state index contributed by atoms with van der Waals surface area (Å²) in [6.07, 6.45) is 0.885. The van der Waals surface area contributed by atoms with Crippen LogP contribution in [-0.4, -0.2) is 27.8 Å². The predicted molar refractivity (Wildman–Crippen MR) is 53.1 cm³/mol. The molecule has 6 heteroatoms. The second-order valence-electron chi connectivity index (χ2n) is 3.12. The Morgan fingerprint density at radius 1 is 1.60 bits per heavy atom. The van der Waals surface area contributed by atoms with Gasteiger partial charge in [0.15, 0.2) is 11.9 Å². The molecule has 1 atom stereocenters. The van der Waals surface area contributed by atoms with Crippen molar-refractivity contribution in [1.82, 2.24) is 9.78 Å². The Kier molecular flexibility index (Phi) is 3.43. The van der Waals surface area contributed by atoms with Crippen molar-refractivity contribution < 1.29 is 14.3 Å². The highest BCUT2D eigenvalue weighted by atomic mass is 16.5. The lowest BCUT2D eigenvalue weighted by atomic mass is 10.4. The van der Waals surface area contributed by atoms with Crippen molar-refractivity contribution in [3.05, 3.63) is 12.3 Å². The Morgan fingerprint density at radius 3 is 2.73 bits per heavy atom. The van der Waals surface area contributed by atoms with Crippen LogP contribution in [0.3, 0.4) is 0 Å². The smallest absolute Gasteiger partial charge is 0.303 e. The number of aromatic nitrogens is 2. The maximum absolute atomic E-state index is 11.4. The van der Waals surface area contributed by atoms with Gasteiger partial charge in [0.25, 0.3) is 5.91 Å². The fourth-order valence-electron chi connectivity index (χ4n) is 1.01. The van der Waals surface area contributed by atoms with Crippen LogP contribution >= 0.6 is 0 Å². The van der Waals surface area contributed by atoms with Gasteiger partial charge < -0.3 is 10.1 Å². The molecule has 15 heavy (non-hydrogen) atoms. The first kappa shape index (κ1) is 11.2. The van der Waals surface area contributed by atoms with E-state index in [0.29, 0.717) is 5.82 Å². The Balaban J connectivity index is 2.52. The van der Waals surface area contributed by atoms with Crippen molar-refractivity contribution >= 4 is 17.7 Å². The molecule has 1 unspecified atom stereocenters. The summed E-state index contributed by atoms with van der Waals surface area (Å²) < 4.78 is 6.27. The molecular formula is C9H13N3O3. The van der Waals surface area contributed by atoms with Crippen LogP contribution in [0.15, 0.2) is 12.3 Å². The number of amides is 1. The minimum Gasteiger partial charge on any atom is -0.453 e. The molecule has 0 fully saturated rings. The molecule has 0 aliphatic heterocycles. The summed E-state index contributed by atoms with van der Waals surface area (Å²) in [5, 5.41) is 6.48. The fraction of sp³-hybridized carbons (Fsp3) is 0.444. The van der Waals surface area contributed by atoms with Gasteiger partial charge in [-0.25, -0.2) is 0 Å². The number of esters is 1. The Morgan fingerprint density at radius 2 is 2.27 bits per heavy atom. The molecule has 1 aromatic rings. The summed E-state index contributed by atoms with van der Waals surface area (Å²) in [4.78, 5) is 22.0. The summed E-state index contributed by atoms with van der Waals surface area (Å²) in [6, 6.07) is 1.65. The number of rotatable bonds is 3. The van der Waals surface area contributed by atoms with Gasteiger partial charge in [-0.3, -0.25) is 14.3 Å². The third-order valence-electron chi connectivity index (χ3n) is 1.68. The average Bonchev–Trinajstić information content (AvgIpc) is 2.50. The monoisotopic (exact) mass is 211 g/mol. The second kappa shape index (κ2) is 4.59. The highest BCUT2D eigenvalue weighted by molar-refractivity contribution is 5.94. The van der Waals surface area contributed by atoms with Crippen LogP contribution in [0.2, 0.25) is 0 Å². The largest absolute Gasteiger partial charge is 0.453 e. The van der Waals surface area contributed by atoms with Crippen molar-refractivity contribution in [3.8, 4) is 0 Å². The number of carbonyl (C=O) groups excluding carboxylic acids is 2. The summed E-state index contributed by atoms with van der Waals surface area (Å²) in [5.74, 6) is -0.455. The van der Waals surface area contributed by atoms with E-state index in [0.717, 1.165) is 0 Å². The molecule has 0 bridgehead atoms. The minimum absolute atomic E-state index is 0.399. The van der Waals surface area contributed by atoms with Gasteiger partial charge in [-0.05, 0) is 6.92 Å². The topological polar surface area (TPSA) is 73.2 Å². The molecule has 1 amide bonds. The van der Waals surface area contributed by atoms with E-state index in [1.54, 1.807) is 24.0 Å². The zero-order valence-corrected chi connectivity index (χ0v) is 8.85. The van der Waals surface area contributed by atoms with Gasteiger partial charge in [-0.2, -0.15) is 5.10 Å². The van der Waals surface area contributed by atoms with Crippen LogP contribution in [0.1, 0.15) is 13.8 Å². The van der Waals surface area contributed by atoms with Gasteiger partial charge >= 0.3 is 5.97 Å². The van der Waals surface area contributed by atoms with E-state index < -0.39 is 18.0 Å². The zero-order chi connectivity index (χ0) is 11.4. The summed E-state index contributed by atoms with van der Waals surface area (Å²) >= 11 is 0. The summed E-state index contributed by atoms with van der Waals surface area (Å²) in [6.45, 7) is 2.75. The molecule has 1 heterocycles. The summed E-state index contributed by atoms with van der Waals surface area (Å²) in [5.41, 5.74) is 0. The number of nitrogens with zero attached hydrogens (tertiary/aromatic N) is 2. The first-order valence-electron chi connectivity index (χ1n) is 4.47. The Hall–Kier alpha value is -1.85. The number of carbonyl (C=O) groups is 2. The van der Waals surface area contributed by atoms with E-state index in [1.807, 2.05) is 0 Å². The third kappa shape index (κ3) is 3.41. The lowest BCUT2D eigenvalue weighted by Crippen LogP contribution is -2.29. The maximum atomic E-state index is 11.4. The number of aryl methyl sites for hydroxylation is 1. The number of hydrogen-bond donors (Lipinski definition) is 1. The standard InChI is InChI=1S/C9H13N3O3/c1-6(15-7(2)13)9(14)10-8-4-5-12(3)11-8/h4-6H,1-3H3,(H,10,11,14). The molecule has 0 saturated carbocycles. The van der Waals surface area contributed by atoms with Crippen LogP contribution in [0, 0.1) is 0 Å². The van der Waals surface area contributed by atoms with Gasteiger partial charge in [0, 0.05) is 26.2 Å². The van der Waals surface area contributed by atoms with Crippen LogP contribution in [0.5, 0.6) is 0 Å². The van der Waals surface area contributed by atoms with Crippen LogP contribution in [0.4, 0.5) is 5.82 Å². The number of anilines is 1. The molecule has 1 rings (SSSR count). The SMILES string of the molecule is CC(=O)OC(C)C(=O)Nc1ccn(C)n1. The molecule has 0 radical (unpaired) electrons. The van der Waals surface area contributed by atoms with Crippen molar-refractivity contribution in [2.45, 2.75) is 20.0 Å². The molecule has 0 aliphatic rings. The van der Waals surface area contributed by atoms with E-state index >= 15 is 0 Å². The number of nitrogens with one attached hydrogen (secondary N) is 1. The molecular weight excluding hydrogens is 198 g/mol. The van der Waals surface area contributed by atoms with Gasteiger partial charge in [0.05, 0.1) is 0 Å². The lowest BCUT2D eigenvalue weighted by Gasteiger charge is -2.10. The van der Waals surface area contributed by atoms with E-state index in [-0.39, 0.29) is 0 Å². The minimum atomic E-state index is -0.815. The van der Waals surface area contributed by atoms with Crippen molar-refractivity contribution in [1.29, 1.82) is 0 Å².